The van der Waals surface area contributed by atoms with E-state index in [1.807, 2.05) is 0 Å². The molecular formula is C15H34NSi2+. The Balaban J connectivity index is 4.75. The van der Waals surface area contributed by atoms with Crippen molar-refractivity contribution >= 4 is 22.4 Å². The van der Waals surface area contributed by atoms with Gasteiger partial charge in [-0.25, -0.2) is 4.58 Å². The van der Waals surface area contributed by atoms with Crippen LogP contribution >= 0.6 is 0 Å². The number of hydrogen-bond acceptors (Lipinski definition) is 0. The standard InChI is InChI=1S/C15H34NSi2/c1-9-16(10-2)12-11-15(13-17(3,4)5)14-18(6,7)8/h9,13H,10-12,14H2,1-8H3/q+1/b15-13+,16-9?. The fourth-order valence-corrected chi connectivity index (χ4v) is 5.58. The van der Waals surface area contributed by atoms with E-state index in [-0.39, 0.29) is 0 Å². The molecule has 0 aromatic rings. The summed E-state index contributed by atoms with van der Waals surface area (Å²) in [4.78, 5) is 0. The zero-order chi connectivity index (χ0) is 14.4. The Kier molecular flexibility index (Phi) is 7.37. The Morgan fingerprint density at radius 3 is 1.94 bits per heavy atom. The summed E-state index contributed by atoms with van der Waals surface area (Å²) in [5.41, 5.74) is 4.38. The minimum Gasteiger partial charge on any atom is -0.240 e. The van der Waals surface area contributed by atoms with Gasteiger partial charge in [0.05, 0.1) is 8.07 Å². The average molecular weight is 285 g/mol. The molecule has 0 spiro atoms. The Bertz CT molecular complexity index is 303. The van der Waals surface area contributed by atoms with Gasteiger partial charge in [0.15, 0.2) is 0 Å². The van der Waals surface area contributed by atoms with E-state index in [0.717, 1.165) is 6.54 Å². The summed E-state index contributed by atoms with van der Waals surface area (Å²) in [6.07, 6.45) is 3.48. The normalized spacial score (nSPS) is 15.1. The third-order valence-corrected chi connectivity index (χ3v) is 5.68. The van der Waals surface area contributed by atoms with Crippen molar-refractivity contribution < 1.29 is 4.58 Å². The van der Waals surface area contributed by atoms with Crippen LogP contribution in [-0.2, 0) is 0 Å². The molecule has 0 aromatic carbocycles. The van der Waals surface area contributed by atoms with E-state index in [4.69, 9.17) is 0 Å². The van der Waals surface area contributed by atoms with Gasteiger partial charge in [-0.15, -0.1) is 0 Å². The van der Waals surface area contributed by atoms with Gasteiger partial charge in [0.25, 0.3) is 0 Å². The summed E-state index contributed by atoms with van der Waals surface area (Å²) >= 11 is 0. The van der Waals surface area contributed by atoms with Crippen LogP contribution in [0.2, 0.25) is 45.3 Å². The van der Waals surface area contributed by atoms with Crippen LogP contribution in [0.3, 0.4) is 0 Å². The van der Waals surface area contributed by atoms with Gasteiger partial charge in [-0.05, 0) is 13.0 Å². The van der Waals surface area contributed by atoms with E-state index in [1.165, 1.54) is 19.0 Å². The van der Waals surface area contributed by atoms with Crippen LogP contribution in [0.5, 0.6) is 0 Å². The molecule has 0 aliphatic rings. The fourth-order valence-electron chi connectivity index (χ4n) is 2.26. The van der Waals surface area contributed by atoms with Gasteiger partial charge >= 0.3 is 0 Å². The summed E-state index contributed by atoms with van der Waals surface area (Å²) in [7, 11) is -2.07. The van der Waals surface area contributed by atoms with E-state index in [9.17, 15) is 0 Å². The van der Waals surface area contributed by atoms with Crippen LogP contribution < -0.4 is 0 Å². The molecule has 0 fully saturated rings. The molecule has 0 unspecified atom stereocenters. The zero-order valence-corrected chi connectivity index (χ0v) is 15.9. The van der Waals surface area contributed by atoms with Gasteiger partial charge < -0.3 is 0 Å². The number of hydrogen-bond donors (Lipinski definition) is 0. The summed E-state index contributed by atoms with van der Waals surface area (Å²) in [6.45, 7) is 21.5. The molecule has 0 aliphatic carbocycles. The molecule has 0 aliphatic heterocycles. The average Bonchev–Trinajstić information content (AvgIpc) is 2.14. The van der Waals surface area contributed by atoms with Crippen LogP contribution in [0.25, 0.3) is 0 Å². The zero-order valence-electron chi connectivity index (χ0n) is 13.9. The molecule has 0 rings (SSSR count). The molecule has 1 nitrogen and oxygen atoms in total. The molecule has 3 heteroatoms. The molecule has 0 N–H and O–H groups in total. The fraction of sp³-hybridized carbons (Fsp3) is 0.800. The van der Waals surface area contributed by atoms with Crippen molar-refractivity contribution in [2.75, 3.05) is 13.1 Å². The molecule has 0 amide bonds. The summed E-state index contributed by atoms with van der Waals surface area (Å²) < 4.78 is 2.42. The lowest BCUT2D eigenvalue weighted by atomic mass is 10.2. The maximum Gasteiger partial charge on any atom is 0.146 e. The van der Waals surface area contributed by atoms with Gasteiger partial charge in [-0.2, -0.15) is 0 Å². The highest BCUT2D eigenvalue weighted by atomic mass is 28.3. The molecule has 106 valence electrons. The highest BCUT2D eigenvalue weighted by Crippen LogP contribution is 2.21. The van der Waals surface area contributed by atoms with E-state index in [1.54, 1.807) is 5.57 Å². The predicted molar refractivity (Wildman–Crippen MR) is 91.6 cm³/mol. The number of nitrogens with zero attached hydrogens (tertiary/aromatic N) is 1. The van der Waals surface area contributed by atoms with Gasteiger partial charge in [-0.3, -0.25) is 0 Å². The number of rotatable bonds is 7. The first-order chi connectivity index (χ1) is 8.07. The minimum atomic E-state index is -1.08. The first-order valence-electron chi connectivity index (χ1n) is 7.31. The monoisotopic (exact) mass is 284 g/mol. The smallest absolute Gasteiger partial charge is 0.146 e. The molecule has 18 heavy (non-hydrogen) atoms. The Labute approximate surface area is 117 Å². The SMILES string of the molecule is CC=[N+](CC)CC/C(=C\[Si](C)(C)C)C[Si](C)(C)C. The third-order valence-electron chi connectivity index (χ3n) is 2.89. The van der Waals surface area contributed by atoms with E-state index >= 15 is 0 Å². The maximum absolute atomic E-state index is 2.65. The Morgan fingerprint density at radius 1 is 1.06 bits per heavy atom. The van der Waals surface area contributed by atoms with Crippen molar-refractivity contribution in [3.63, 3.8) is 0 Å². The maximum atomic E-state index is 2.65. The van der Waals surface area contributed by atoms with E-state index in [2.05, 4.69) is 69.6 Å². The van der Waals surface area contributed by atoms with E-state index in [0.29, 0.717) is 0 Å². The molecular weight excluding hydrogens is 250 g/mol. The van der Waals surface area contributed by atoms with Crippen LogP contribution in [0, 0.1) is 0 Å². The second-order valence-electron chi connectivity index (χ2n) is 7.54. The Hall–Kier alpha value is -0.156. The van der Waals surface area contributed by atoms with Crippen molar-refractivity contribution in [2.24, 2.45) is 0 Å². The lowest BCUT2D eigenvalue weighted by Crippen LogP contribution is -2.24. The van der Waals surface area contributed by atoms with Gasteiger partial charge in [-0.1, -0.05) is 50.6 Å². The summed E-state index contributed by atoms with van der Waals surface area (Å²) in [5, 5.41) is 0. The first kappa shape index (κ1) is 17.8. The van der Waals surface area contributed by atoms with Gasteiger partial charge in [0.1, 0.15) is 19.3 Å². The van der Waals surface area contributed by atoms with Gasteiger partial charge in [0, 0.05) is 21.4 Å². The lowest BCUT2D eigenvalue weighted by Gasteiger charge is -2.21. The van der Waals surface area contributed by atoms with Crippen LogP contribution in [-0.4, -0.2) is 40.0 Å². The van der Waals surface area contributed by atoms with Crippen molar-refractivity contribution in [1.82, 2.24) is 0 Å². The van der Waals surface area contributed by atoms with Crippen molar-refractivity contribution in [3.8, 4) is 0 Å². The molecule has 0 bridgehead atoms. The van der Waals surface area contributed by atoms with Crippen molar-refractivity contribution in [1.29, 1.82) is 0 Å². The molecule has 0 aromatic heterocycles. The summed E-state index contributed by atoms with van der Waals surface area (Å²) in [6, 6.07) is 1.37. The van der Waals surface area contributed by atoms with Crippen LogP contribution in [0.4, 0.5) is 0 Å². The van der Waals surface area contributed by atoms with E-state index < -0.39 is 16.1 Å². The van der Waals surface area contributed by atoms with Crippen molar-refractivity contribution in [2.45, 2.75) is 65.6 Å². The van der Waals surface area contributed by atoms with Crippen molar-refractivity contribution in [3.05, 3.63) is 11.3 Å². The highest BCUT2D eigenvalue weighted by Gasteiger charge is 2.19. The topological polar surface area (TPSA) is 3.01 Å². The molecule has 0 heterocycles. The second-order valence-corrected chi connectivity index (χ2v) is 18.0. The first-order valence-corrected chi connectivity index (χ1v) is 14.6. The second kappa shape index (κ2) is 7.44. The van der Waals surface area contributed by atoms with Gasteiger partial charge in [0.2, 0.25) is 0 Å². The summed E-state index contributed by atoms with van der Waals surface area (Å²) in [5.74, 6) is 0. The molecule has 0 radical (unpaired) electrons. The highest BCUT2D eigenvalue weighted by molar-refractivity contribution is 6.81. The molecule has 0 saturated heterocycles. The molecule has 0 atom stereocenters. The van der Waals surface area contributed by atoms with Crippen LogP contribution in [0.1, 0.15) is 20.3 Å². The quantitative estimate of drug-likeness (QED) is 0.364. The Morgan fingerprint density at radius 2 is 1.61 bits per heavy atom. The molecule has 0 saturated carbocycles. The third kappa shape index (κ3) is 9.83. The van der Waals surface area contributed by atoms with Crippen LogP contribution in [0.15, 0.2) is 11.3 Å². The largest absolute Gasteiger partial charge is 0.240 e. The minimum absolute atomic E-state index is 0.987. The predicted octanol–water partition coefficient (Wildman–Crippen LogP) is 4.64. The lowest BCUT2D eigenvalue weighted by molar-refractivity contribution is -0.519.